The van der Waals surface area contributed by atoms with E-state index in [-0.39, 0.29) is 13.0 Å². The maximum Gasteiger partial charge on any atom is 0.305 e. The van der Waals surface area contributed by atoms with Gasteiger partial charge in [0, 0.05) is 25.4 Å². The molecule has 0 aliphatic rings. The fraction of sp³-hybridized carbons (Fsp3) is 0.200. The molecule has 2 aromatic heterocycles. The first-order chi connectivity index (χ1) is 10.7. The van der Waals surface area contributed by atoms with Crippen LogP contribution in [0.5, 0.6) is 0 Å². The second kappa shape index (κ2) is 7.72. The molecule has 0 saturated heterocycles. The Morgan fingerprint density at radius 2 is 2.05 bits per heavy atom. The summed E-state index contributed by atoms with van der Waals surface area (Å²) in [5.74, 6) is 0.765. The van der Waals surface area contributed by atoms with Crippen molar-refractivity contribution in [3.8, 4) is 11.5 Å². The summed E-state index contributed by atoms with van der Waals surface area (Å²) in [5.41, 5.74) is 0.644. The molecule has 3 N–H and O–H groups in total. The molecule has 0 atom stereocenters. The van der Waals surface area contributed by atoms with E-state index in [1.807, 2.05) is 18.2 Å². The number of pyridine rings is 1. The molecular formula is C15H17N5O2. The zero-order valence-corrected chi connectivity index (χ0v) is 12.0. The molecule has 0 fully saturated rings. The molecule has 0 bridgehead atoms. The van der Waals surface area contributed by atoms with Crippen molar-refractivity contribution in [3.63, 3.8) is 0 Å². The molecule has 0 amide bonds. The van der Waals surface area contributed by atoms with Gasteiger partial charge in [-0.1, -0.05) is 12.1 Å². The van der Waals surface area contributed by atoms with Crippen molar-refractivity contribution in [2.45, 2.75) is 6.42 Å². The summed E-state index contributed by atoms with van der Waals surface area (Å²) >= 11 is 0. The first-order valence-corrected chi connectivity index (χ1v) is 6.80. The van der Waals surface area contributed by atoms with Crippen LogP contribution in [0.25, 0.3) is 11.5 Å². The third-order valence-electron chi connectivity index (χ3n) is 2.69. The largest absolute Gasteiger partial charge is 0.481 e. The van der Waals surface area contributed by atoms with E-state index >= 15 is 0 Å². The average molecular weight is 299 g/mol. The maximum atomic E-state index is 10.6. The number of carbonyl (C=O) groups is 1. The predicted octanol–water partition coefficient (Wildman–Crippen LogP) is 2.02. The number of rotatable bonds is 8. The van der Waals surface area contributed by atoms with Crippen LogP contribution in [0, 0.1) is 0 Å². The first-order valence-electron chi connectivity index (χ1n) is 6.80. The van der Waals surface area contributed by atoms with Crippen molar-refractivity contribution in [3.05, 3.63) is 43.1 Å². The highest BCUT2D eigenvalue weighted by atomic mass is 16.4. The van der Waals surface area contributed by atoms with Crippen LogP contribution in [0.3, 0.4) is 0 Å². The molecule has 0 saturated carbocycles. The quantitative estimate of drug-likeness (QED) is 0.641. The molecule has 2 rings (SSSR count). The topological polar surface area (TPSA) is 100 Å². The zero-order chi connectivity index (χ0) is 15.8. The second-order valence-electron chi connectivity index (χ2n) is 4.42. The number of hydrogen-bond donors (Lipinski definition) is 3. The molecule has 2 heterocycles. The van der Waals surface area contributed by atoms with E-state index in [9.17, 15) is 4.79 Å². The SMILES string of the molecule is C=CCNc1cc(NCCC(=O)O)nc(-c2ccccn2)n1. The summed E-state index contributed by atoms with van der Waals surface area (Å²) in [7, 11) is 0. The molecule has 0 radical (unpaired) electrons. The van der Waals surface area contributed by atoms with E-state index in [4.69, 9.17) is 5.11 Å². The third-order valence-corrected chi connectivity index (χ3v) is 2.69. The molecule has 22 heavy (non-hydrogen) atoms. The minimum atomic E-state index is -0.864. The summed E-state index contributed by atoms with van der Waals surface area (Å²) < 4.78 is 0. The Morgan fingerprint density at radius 1 is 1.27 bits per heavy atom. The lowest BCUT2D eigenvalue weighted by Crippen LogP contribution is -2.10. The van der Waals surface area contributed by atoms with Crippen LogP contribution in [-0.4, -0.2) is 39.1 Å². The van der Waals surface area contributed by atoms with Crippen molar-refractivity contribution in [2.75, 3.05) is 23.7 Å². The minimum Gasteiger partial charge on any atom is -0.481 e. The number of carboxylic acid groups (broad SMARTS) is 1. The van der Waals surface area contributed by atoms with E-state index < -0.39 is 5.97 Å². The molecule has 2 aromatic rings. The van der Waals surface area contributed by atoms with Gasteiger partial charge >= 0.3 is 5.97 Å². The Balaban J connectivity index is 2.24. The monoisotopic (exact) mass is 299 g/mol. The van der Waals surface area contributed by atoms with Crippen molar-refractivity contribution >= 4 is 17.6 Å². The molecule has 0 aromatic carbocycles. The third kappa shape index (κ3) is 4.55. The smallest absolute Gasteiger partial charge is 0.305 e. The Hall–Kier alpha value is -2.96. The number of aromatic nitrogens is 3. The van der Waals surface area contributed by atoms with Gasteiger partial charge in [-0.15, -0.1) is 6.58 Å². The highest BCUT2D eigenvalue weighted by molar-refractivity contribution is 5.67. The Morgan fingerprint density at radius 3 is 2.68 bits per heavy atom. The normalized spacial score (nSPS) is 10.0. The number of nitrogens with one attached hydrogen (secondary N) is 2. The van der Waals surface area contributed by atoms with Gasteiger partial charge in [-0.05, 0) is 12.1 Å². The minimum absolute atomic E-state index is 0.0122. The van der Waals surface area contributed by atoms with Gasteiger partial charge in [0.2, 0.25) is 0 Å². The van der Waals surface area contributed by atoms with Crippen LogP contribution in [0.15, 0.2) is 43.1 Å². The van der Waals surface area contributed by atoms with Crippen LogP contribution in [0.4, 0.5) is 11.6 Å². The summed E-state index contributed by atoms with van der Waals surface area (Å²) in [6, 6.07) is 7.20. The predicted molar refractivity (Wildman–Crippen MR) is 84.7 cm³/mol. The van der Waals surface area contributed by atoms with Gasteiger partial charge in [0.1, 0.15) is 17.3 Å². The van der Waals surface area contributed by atoms with E-state index in [1.165, 1.54) is 0 Å². The van der Waals surface area contributed by atoms with Crippen LogP contribution >= 0.6 is 0 Å². The van der Waals surface area contributed by atoms with Gasteiger partial charge in [0.05, 0.1) is 6.42 Å². The molecular weight excluding hydrogens is 282 g/mol. The van der Waals surface area contributed by atoms with Gasteiger partial charge in [-0.2, -0.15) is 0 Å². The molecule has 7 nitrogen and oxygen atoms in total. The van der Waals surface area contributed by atoms with Crippen molar-refractivity contribution in [2.24, 2.45) is 0 Å². The number of nitrogens with zero attached hydrogens (tertiary/aromatic N) is 3. The van der Waals surface area contributed by atoms with Crippen LogP contribution in [-0.2, 0) is 4.79 Å². The lowest BCUT2D eigenvalue weighted by molar-refractivity contribution is -0.136. The van der Waals surface area contributed by atoms with E-state index in [2.05, 4.69) is 32.2 Å². The summed E-state index contributed by atoms with van der Waals surface area (Å²) in [5, 5.41) is 14.8. The van der Waals surface area contributed by atoms with Crippen LogP contribution in [0.1, 0.15) is 6.42 Å². The summed E-state index contributed by atoms with van der Waals surface area (Å²) in [6.45, 7) is 4.50. The van der Waals surface area contributed by atoms with Gasteiger partial charge < -0.3 is 15.7 Å². The van der Waals surface area contributed by atoms with Gasteiger partial charge in [0.25, 0.3) is 0 Å². The average Bonchev–Trinajstić information content (AvgIpc) is 2.53. The maximum absolute atomic E-state index is 10.6. The molecule has 0 aliphatic heterocycles. The lowest BCUT2D eigenvalue weighted by Gasteiger charge is -2.10. The molecule has 7 heteroatoms. The number of carboxylic acids is 1. The molecule has 114 valence electrons. The highest BCUT2D eigenvalue weighted by Gasteiger charge is 2.08. The van der Waals surface area contributed by atoms with Gasteiger partial charge in [-0.3, -0.25) is 9.78 Å². The van der Waals surface area contributed by atoms with E-state index in [0.29, 0.717) is 29.7 Å². The van der Waals surface area contributed by atoms with Crippen molar-refractivity contribution in [1.82, 2.24) is 15.0 Å². The Bertz CT molecular complexity index is 646. The van der Waals surface area contributed by atoms with Crippen LogP contribution < -0.4 is 10.6 Å². The van der Waals surface area contributed by atoms with Crippen molar-refractivity contribution in [1.29, 1.82) is 0 Å². The van der Waals surface area contributed by atoms with E-state index in [0.717, 1.165) is 0 Å². The fourth-order valence-corrected chi connectivity index (χ4v) is 1.71. The molecule has 0 unspecified atom stereocenters. The summed E-state index contributed by atoms with van der Waals surface area (Å²) in [4.78, 5) is 23.6. The fourth-order valence-electron chi connectivity index (χ4n) is 1.71. The van der Waals surface area contributed by atoms with Gasteiger partial charge in [0.15, 0.2) is 5.82 Å². The highest BCUT2D eigenvalue weighted by Crippen LogP contribution is 2.18. The first kappa shape index (κ1) is 15.4. The second-order valence-corrected chi connectivity index (χ2v) is 4.42. The Kier molecular flexibility index (Phi) is 5.42. The zero-order valence-electron chi connectivity index (χ0n) is 12.0. The summed E-state index contributed by atoms with van der Waals surface area (Å²) in [6.07, 6.45) is 3.40. The lowest BCUT2D eigenvalue weighted by atomic mass is 10.3. The Labute approximate surface area is 128 Å². The standard InChI is InChI=1S/C15H17N5O2/c1-2-7-17-12-10-13(18-9-6-14(21)22)20-15(19-12)11-5-3-4-8-16-11/h2-5,8,10H,1,6-7,9H2,(H,21,22)(H2,17,18,19,20). The number of hydrogen-bond acceptors (Lipinski definition) is 6. The van der Waals surface area contributed by atoms with Gasteiger partial charge in [-0.25, -0.2) is 9.97 Å². The molecule has 0 spiro atoms. The van der Waals surface area contributed by atoms with Crippen molar-refractivity contribution < 1.29 is 9.90 Å². The molecule has 0 aliphatic carbocycles. The van der Waals surface area contributed by atoms with E-state index in [1.54, 1.807) is 18.3 Å². The number of aliphatic carboxylic acids is 1. The van der Waals surface area contributed by atoms with Crippen LogP contribution in [0.2, 0.25) is 0 Å². The number of anilines is 2.